The standard InChI is InChI=1S/C17H27N3/c1-19(2)13-14-8-11-20(12-9-14)16-7-3-5-15-6-4-10-18-17(15)16/h3,5,7,14,18H,4,6,8-13H2,1-2H3. The topological polar surface area (TPSA) is 18.5 Å². The Labute approximate surface area is 123 Å². The molecule has 0 aromatic heterocycles. The molecule has 2 aliphatic rings. The fourth-order valence-corrected chi connectivity index (χ4v) is 3.63. The molecule has 1 aromatic carbocycles. The number of hydrogen-bond acceptors (Lipinski definition) is 3. The zero-order chi connectivity index (χ0) is 13.9. The van der Waals surface area contributed by atoms with E-state index < -0.39 is 0 Å². The number of rotatable bonds is 3. The van der Waals surface area contributed by atoms with Crippen molar-refractivity contribution in [3.8, 4) is 0 Å². The molecule has 2 aliphatic heterocycles. The van der Waals surface area contributed by atoms with Crippen LogP contribution in [0, 0.1) is 5.92 Å². The number of nitrogens with zero attached hydrogens (tertiary/aromatic N) is 2. The van der Waals surface area contributed by atoms with Gasteiger partial charge in [-0.05, 0) is 57.3 Å². The largest absolute Gasteiger partial charge is 0.383 e. The van der Waals surface area contributed by atoms with E-state index in [9.17, 15) is 0 Å². The van der Waals surface area contributed by atoms with Crippen molar-refractivity contribution in [1.82, 2.24) is 4.90 Å². The molecule has 3 rings (SSSR count). The second-order valence-electron chi connectivity index (χ2n) is 6.53. The van der Waals surface area contributed by atoms with Gasteiger partial charge in [0.15, 0.2) is 0 Å². The lowest BCUT2D eigenvalue weighted by atomic mass is 9.95. The lowest BCUT2D eigenvalue weighted by Gasteiger charge is -2.36. The lowest BCUT2D eigenvalue weighted by Crippen LogP contribution is -2.37. The Kier molecular flexibility index (Phi) is 4.16. The van der Waals surface area contributed by atoms with E-state index in [0.717, 1.165) is 12.5 Å². The number of nitrogens with one attached hydrogen (secondary N) is 1. The van der Waals surface area contributed by atoms with Crippen molar-refractivity contribution in [3.05, 3.63) is 23.8 Å². The summed E-state index contributed by atoms with van der Waals surface area (Å²) in [7, 11) is 4.37. The second kappa shape index (κ2) is 6.04. The average molecular weight is 273 g/mol. The minimum atomic E-state index is 0.869. The summed E-state index contributed by atoms with van der Waals surface area (Å²) in [6.45, 7) is 4.77. The molecular formula is C17H27N3. The highest BCUT2D eigenvalue weighted by Crippen LogP contribution is 2.35. The van der Waals surface area contributed by atoms with E-state index in [1.165, 1.54) is 62.3 Å². The Morgan fingerprint density at radius 3 is 2.80 bits per heavy atom. The van der Waals surface area contributed by atoms with Crippen LogP contribution in [0.15, 0.2) is 18.2 Å². The molecule has 0 aliphatic carbocycles. The molecule has 0 atom stereocenters. The fourth-order valence-electron chi connectivity index (χ4n) is 3.63. The number of fused-ring (bicyclic) bond motifs is 1. The van der Waals surface area contributed by atoms with Crippen molar-refractivity contribution in [3.63, 3.8) is 0 Å². The molecule has 3 heteroatoms. The first-order valence-corrected chi connectivity index (χ1v) is 7.99. The zero-order valence-electron chi connectivity index (χ0n) is 12.9. The van der Waals surface area contributed by atoms with E-state index >= 15 is 0 Å². The van der Waals surface area contributed by atoms with Crippen LogP contribution < -0.4 is 10.2 Å². The molecule has 0 spiro atoms. The Morgan fingerprint density at radius 2 is 2.05 bits per heavy atom. The molecule has 1 aromatic rings. The highest BCUT2D eigenvalue weighted by atomic mass is 15.2. The predicted octanol–water partition coefficient (Wildman–Crippen LogP) is 2.82. The molecule has 1 saturated heterocycles. The van der Waals surface area contributed by atoms with Gasteiger partial charge in [0.2, 0.25) is 0 Å². The third-order valence-electron chi connectivity index (χ3n) is 4.63. The van der Waals surface area contributed by atoms with Gasteiger partial charge in [-0.25, -0.2) is 0 Å². The van der Waals surface area contributed by atoms with E-state index in [2.05, 4.69) is 47.4 Å². The number of aryl methyl sites for hydroxylation is 1. The van der Waals surface area contributed by atoms with Crippen molar-refractivity contribution in [2.45, 2.75) is 25.7 Å². The van der Waals surface area contributed by atoms with Gasteiger partial charge in [0.05, 0.1) is 11.4 Å². The SMILES string of the molecule is CN(C)CC1CCN(c2cccc3c2NCCC3)CC1. The van der Waals surface area contributed by atoms with Crippen molar-refractivity contribution < 1.29 is 0 Å². The predicted molar refractivity (Wildman–Crippen MR) is 86.7 cm³/mol. The van der Waals surface area contributed by atoms with Crippen LogP contribution in [0.5, 0.6) is 0 Å². The van der Waals surface area contributed by atoms with Gasteiger partial charge in [-0.1, -0.05) is 12.1 Å². The Balaban J connectivity index is 1.69. The zero-order valence-corrected chi connectivity index (χ0v) is 12.9. The quantitative estimate of drug-likeness (QED) is 0.913. The van der Waals surface area contributed by atoms with Crippen LogP contribution in [-0.2, 0) is 6.42 Å². The summed E-state index contributed by atoms with van der Waals surface area (Å²) in [5, 5.41) is 3.62. The first kappa shape index (κ1) is 13.7. The summed E-state index contributed by atoms with van der Waals surface area (Å²) in [5.74, 6) is 0.869. The molecule has 0 bridgehead atoms. The van der Waals surface area contributed by atoms with Crippen molar-refractivity contribution in [2.75, 3.05) is 50.5 Å². The molecule has 110 valence electrons. The van der Waals surface area contributed by atoms with Gasteiger partial charge in [0.25, 0.3) is 0 Å². The molecular weight excluding hydrogens is 246 g/mol. The van der Waals surface area contributed by atoms with Gasteiger partial charge in [-0.3, -0.25) is 0 Å². The van der Waals surface area contributed by atoms with E-state index in [4.69, 9.17) is 0 Å². The van der Waals surface area contributed by atoms with Gasteiger partial charge < -0.3 is 15.1 Å². The third-order valence-corrected chi connectivity index (χ3v) is 4.63. The van der Waals surface area contributed by atoms with Gasteiger partial charge in [-0.2, -0.15) is 0 Å². The fraction of sp³-hybridized carbons (Fsp3) is 0.647. The number of benzene rings is 1. The molecule has 0 amide bonds. The van der Waals surface area contributed by atoms with Crippen LogP contribution in [-0.4, -0.2) is 45.2 Å². The first-order valence-electron chi connectivity index (χ1n) is 7.99. The van der Waals surface area contributed by atoms with E-state index in [1.54, 1.807) is 0 Å². The van der Waals surface area contributed by atoms with Crippen LogP contribution in [0.25, 0.3) is 0 Å². The average Bonchev–Trinajstić information content (AvgIpc) is 2.47. The third kappa shape index (κ3) is 2.93. The monoisotopic (exact) mass is 273 g/mol. The van der Waals surface area contributed by atoms with Crippen LogP contribution in [0.4, 0.5) is 11.4 Å². The summed E-state index contributed by atoms with van der Waals surface area (Å²) >= 11 is 0. The second-order valence-corrected chi connectivity index (χ2v) is 6.53. The Hall–Kier alpha value is -1.22. The summed E-state index contributed by atoms with van der Waals surface area (Å²) in [4.78, 5) is 4.91. The maximum Gasteiger partial charge on any atom is 0.0610 e. The van der Waals surface area contributed by atoms with Gasteiger partial charge >= 0.3 is 0 Å². The number of anilines is 2. The highest BCUT2D eigenvalue weighted by Gasteiger charge is 2.23. The smallest absolute Gasteiger partial charge is 0.0610 e. The maximum absolute atomic E-state index is 3.62. The summed E-state index contributed by atoms with van der Waals surface area (Å²) < 4.78 is 0. The number of para-hydroxylation sites is 1. The van der Waals surface area contributed by atoms with Crippen molar-refractivity contribution in [1.29, 1.82) is 0 Å². The van der Waals surface area contributed by atoms with Crippen LogP contribution in [0.1, 0.15) is 24.8 Å². The molecule has 1 N–H and O–H groups in total. The molecule has 3 nitrogen and oxygen atoms in total. The highest BCUT2D eigenvalue weighted by molar-refractivity contribution is 5.74. The van der Waals surface area contributed by atoms with Crippen LogP contribution in [0.2, 0.25) is 0 Å². The van der Waals surface area contributed by atoms with Crippen molar-refractivity contribution >= 4 is 11.4 Å². The van der Waals surface area contributed by atoms with Crippen LogP contribution >= 0.6 is 0 Å². The molecule has 0 saturated carbocycles. The van der Waals surface area contributed by atoms with E-state index in [1.807, 2.05) is 0 Å². The molecule has 1 fully saturated rings. The number of hydrogen-bond donors (Lipinski definition) is 1. The summed E-state index contributed by atoms with van der Waals surface area (Å²) in [5.41, 5.74) is 4.35. The molecule has 2 heterocycles. The maximum atomic E-state index is 3.62. The Morgan fingerprint density at radius 1 is 1.25 bits per heavy atom. The number of piperidine rings is 1. The van der Waals surface area contributed by atoms with E-state index in [-0.39, 0.29) is 0 Å². The lowest BCUT2D eigenvalue weighted by molar-refractivity contribution is 0.285. The first-order chi connectivity index (χ1) is 9.74. The minimum absolute atomic E-state index is 0.869. The summed E-state index contributed by atoms with van der Waals surface area (Å²) in [6.07, 6.45) is 5.14. The molecule has 20 heavy (non-hydrogen) atoms. The molecule has 0 unspecified atom stereocenters. The van der Waals surface area contributed by atoms with Gasteiger partial charge in [0.1, 0.15) is 0 Å². The Bertz CT molecular complexity index is 448. The van der Waals surface area contributed by atoms with Crippen molar-refractivity contribution in [2.24, 2.45) is 5.92 Å². The summed E-state index contributed by atoms with van der Waals surface area (Å²) in [6, 6.07) is 6.81. The van der Waals surface area contributed by atoms with Gasteiger partial charge in [-0.15, -0.1) is 0 Å². The normalized spacial score (nSPS) is 19.9. The van der Waals surface area contributed by atoms with Gasteiger partial charge in [0, 0.05) is 26.2 Å². The molecule has 0 radical (unpaired) electrons. The van der Waals surface area contributed by atoms with E-state index in [0.29, 0.717) is 0 Å². The van der Waals surface area contributed by atoms with Crippen LogP contribution in [0.3, 0.4) is 0 Å². The minimum Gasteiger partial charge on any atom is -0.383 e.